The molecule has 1 aromatic heterocycles. The van der Waals surface area contributed by atoms with Gasteiger partial charge < -0.3 is 10.1 Å². The van der Waals surface area contributed by atoms with E-state index in [0.29, 0.717) is 23.9 Å². The maximum absolute atomic E-state index is 11.2. The molecule has 2 rings (SSSR count). The van der Waals surface area contributed by atoms with Crippen molar-refractivity contribution in [2.75, 3.05) is 0 Å². The monoisotopic (exact) mass is 338 g/mol. The fourth-order valence-corrected chi connectivity index (χ4v) is 2.53. The van der Waals surface area contributed by atoms with E-state index in [2.05, 4.69) is 9.97 Å². The van der Waals surface area contributed by atoms with Crippen LogP contribution >= 0.6 is 11.8 Å². The van der Waals surface area contributed by atoms with Crippen LogP contribution in [0.15, 0.2) is 39.2 Å². The van der Waals surface area contributed by atoms with Crippen molar-refractivity contribution in [1.82, 2.24) is 9.97 Å². The van der Waals surface area contributed by atoms with Crippen molar-refractivity contribution in [1.29, 1.82) is 0 Å². The van der Waals surface area contributed by atoms with Crippen LogP contribution in [-0.2, 0) is 0 Å². The highest BCUT2D eigenvalue weighted by Gasteiger charge is 2.29. The number of aromatic carboxylic acids is 1. The van der Waals surface area contributed by atoms with Crippen LogP contribution in [0.3, 0.4) is 0 Å². The van der Waals surface area contributed by atoms with Gasteiger partial charge in [-0.3, -0.25) is 25.0 Å². The molecule has 0 aliphatic rings. The highest BCUT2D eigenvalue weighted by atomic mass is 32.2. The smallest absolute Gasteiger partial charge is 0.336 e. The normalized spacial score (nSPS) is 10.3. The molecule has 0 bridgehead atoms. The van der Waals surface area contributed by atoms with Gasteiger partial charge in [0, 0.05) is 24.4 Å². The number of carboxylic acids is 1. The van der Waals surface area contributed by atoms with E-state index in [0.717, 1.165) is 12.3 Å². The number of nitrogens with zero attached hydrogens (tertiary/aromatic N) is 3. The Balaban J connectivity index is 2.68. The lowest BCUT2D eigenvalue weighted by Crippen LogP contribution is -2.06. The molecule has 0 unspecified atom stereocenters. The molecule has 0 radical (unpaired) electrons. The largest absolute Gasteiger partial charge is 0.478 e. The second-order valence-corrected chi connectivity index (χ2v) is 5.00. The number of nitro groups is 2. The molecule has 1 heterocycles. The number of carbonyl (C=O) groups is 1. The van der Waals surface area contributed by atoms with E-state index < -0.39 is 43.2 Å². The summed E-state index contributed by atoms with van der Waals surface area (Å²) in [6.07, 6.45) is 1.13. The summed E-state index contributed by atoms with van der Waals surface area (Å²) in [5, 5.41) is 31.0. The summed E-state index contributed by atoms with van der Waals surface area (Å²) in [7, 11) is 0. The number of hydrogen-bond donors (Lipinski definition) is 2. The van der Waals surface area contributed by atoms with Gasteiger partial charge in [0.1, 0.15) is 0 Å². The first kappa shape index (κ1) is 16.1. The number of aromatic amines is 1. The molecule has 1 aromatic carbocycles. The van der Waals surface area contributed by atoms with E-state index in [1.54, 1.807) is 0 Å². The van der Waals surface area contributed by atoms with Gasteiger partial charge in [-0.2, -0.15) is 0 Å². The van der Waals surface area contributed by atoms with Gasteiger partial charge in [-0.1, -0.05) is 0 Å². The van der Waals surface area contributed by atoms with Gasteiger partial charge in [-0.15, -0.1) is 0 Å². The molecular formula is C11H6N4O7S. The second-order valence-electron chi connectivity index (χ2n) is 4.00. The zero-order valence-corrected chi connectivity index (χ0v) is 11.8. The number of nitro benzene ring substituents is 2. The minimum atomic E-state index is -1.54. The van der Waals surface area contributed by atoms with Crippen LogP contribution in [0.4, 0.5) is 11.4 Å². The summed E-state index contributed by atoms with van der Waals surface area (Å²) in [6.45, 7) is 0. The molecule has 0 saturated carbocycles. The van der Waals surface area contributed by atoms with Crippen molar-refractivity contribution in [2.45, 2.75) is 10.1 Å². The van der Waals surface area contributed by atoms with E-state index in [9.17, 15) is 29.8 Å². The topological polar surface area (TPSA) is 169 Å². The molecule has 0 spiro atoms. The van der Waals surface area contributed by atoms with E-state index in [1.165, 1.54) is 0 Å². The van der Waals surface area contributed by atoms with E-state index in [4.69, 9.17) is 5.11 Å². The summed E-state index contributed by atoms with van der Waals surface area (Å²) in [6, 6.07) is 2.51. The number of aromatic nitrogens is 2. The molecule has 0 aliphatic carbocycles. The Morgan fingerprint density at radius 3 is 2.22 bits per heavy atom. The van der Waals surface area contributed by atoms with Crippen LogP contribution in [0.2, 0.25) is 0 Å². The lowest BCUT2D eigenvalue weighted by atomic mass is 10.2. The fraction of sp³-hybridized carbons (Fsp3) is 0. The Bertz CT molecular complexity index is 844. The Morgan fingerprint density at radius 2 is 1.78 bits per heavy atom. The summed E-state index contributed by atoms with van der Waals surface area (Å²) in [5.74, 6) is -1.54. The molecule has 11 nitrogen and oxygen atoms in total. The van der Waals surface area contributed by atoms with E-state index >= 15 is 0 Å². The predicted molar refractivity (Wildman–Crippen MR) is 75.7 cm³/mol. The van der Waals surface area contributed by atoms with Crippen LogP contribution in [0.25, 0.3) is 0 Å². The van der Waals surface area contributed by atoms with Crippen LogP contribution in [0.5, 0.6) is 0 Å². The second kappa shape index (κ2) is 6.23. The van der Waals surface area contributed by atoms with Crippen molar-refractivity contribution < 1.29 is 19.7 Å². The zero-order valence-electron chi connectivity index (χ0n) is 11.0. The van der Waals surface area contributed by atoms with Gasteiger partial charge in [0.25, 0.3) is 16.9 Å². The SMILES string of the molecule is O=C(O)c1cc([N+](=O)[O-])c(Sc2nccc(=O)[nH]2)c([N+](=O)[O-])c1. The molecule has 0 amide bonds. The molecule has 0 aliphatic heterocycles. The standard InChI is InChI=1S/C11H6N4O7S/c16-8-1-2-12-11(13-8)23-9-6(14(19)20)3-5(10(17)18)4-7(9)15(21)22/h1-4H,(H,17,18)(H,12,13,16). The van der Waals surface area contributed by atoms with Crippen molar-refractivity contribution in [3.8, 4) is 0 Å². The van der Waals surface area contributed by atoms with Gasteiger partial charge in [0.15, 0.2) is 10.1 Å². The number of carboxylic acid groups (broad SMARTS) is 1. The third-order valence-electron chi connectivity index (χ3n) is 2.54. The maximum Gasteiger partial charge on any atom is 0.336 e. The van der Waals surface area contributed by atoms with Crippen molar-refractivity contribution >= 4 is 29.1 Å². The molecule has 2 aromatic rings. The van der Waals surface area contributed by atoms with Gasteiger partial charge in [0.2, 0.25) is 0 Å². The van der Waals surface area contributed by atoms with Crippen LogP contribution < -0.4 is 5.56 Å². The molecular weight excluding hydrogens is 332 g/mol. The van der Waals surface area contributed by atoms with Crippen LogP contribution in [-0.4, -0.2) is 30.9 Å². The minimum absolute atomic E-state index is 0.105. The molecule has 2 N–H and O–H groups in total. The number of benzene rings is 1. The van der Waals surface area contributed by atoms with Crippen molar-refractivity contribution in [2.24, 2.45) is 0 Å². The number of rotatable bonds is 5. The fourth-order valence-electron chi connectivity index (χ4n) is 1.60. The van der Waals surface area contributed by atoms with Gasteiger partial charge in [-0.25, -0.2) is 9.78 Å². The highest BCUT2D eigenvalue weighted by Crippen LogP contribution is 2.40. The Labute approximate surface area is 130 Å². The Morgan fingerprint density at radius 1 is 1.22 bits per heavy atom. The lowest BCUT2D eigenvalue weighted by Gasteiger charge is -2.05. The highest BCUT2D eigenvalue weighted by molar-refractivity contribution is 7.99. The summed E-state index contributed by atoms with van der Waals surface area (Å²) in [4.78, 5) is 48.1. The van der Waals surface area contributed by atoms with Crippen LogP contribution in [0.1, 0.15) is 10.4 Å². The molecule has 0 atom stereocenters. The minimum Gasteiger partial charge on any atom is -0.478 e. The molecule has 23 heavy (non-hydrogen) atoms. The average molecular weight is 338 g/mol. The van der Waals surface area contributed by atoms with E-state index in [1.807, 2.05) is 0 Å². The molecule has 12 heteroatoms. The molecule has 118 valence electrons. The molecule has 0 fully saturated rings. The van der Waals surface area contributed by atoms with Gasteiger partial charge in [-0.05, 0) is 11.8 Å². The van der Waals surface area contributed by atoms with Gasteiger partial charge in [0.05, 0.1) is 15.4 Å². The number of H-pyrrole nitrogens is 1. The molecule has 0 saturated heterocycles. The summed E-state index contributed by atoms with van der Waals surface area (Å²) in [5.41, 5.74) is -2.68. The number of nitrogens with one attached hydrogen (secondary N) is 1. The van der Waals surface area contributed by atoms with Crippen LogP contribution in [0, 0.1) is 20.2 Å². The maximum atomic E-state index is 11.2. The summed E-state index contributed by atoms with van der Waals surface area (Å²) >= 11 is 0.489. The van der Waals surface area contributed by atoms with Crippen molar-refractivity contribution in [3.05, 3.63) is 60.5 Å². The lowest BCUT2D eigenvalue weighted by molar-refractivity contribution is -0.399. The third-order valence-corrected chi connectivity index (χ3v) is 3.56. The number of hydrogen-bond acceptors (Lipinski definition) is 8. The first-order chi connectivity index (χ1) is 10.8. The van der Waals surface area contributed by atoms with Crippen molar-refractivity contribution in [3.63, 3.8) is 0 Å². The third kappa shape index (κ3) is 3.49. The van der Waals surface area contributed by atoms with E-state index in [-0.39, 0.29) is 5.16 Å². The average Bonchev–Trinajstić information content (AvgIpc) is 2.46. The predicted octanol–water partition coefficient (Wildman–Crippen LogP) is 1.44. The summed E-state index contributed by atoms with van der Waals surface area (Å²) < 4.78 is 0. The zero-order chi connectivity index (χ0) is 17.1. The Hall–Kier alpha value is -3.28. The first-order valence-corrected chi connectivity index (χ1v) is 6.54. The quantitative estimate of drug-likeness (QED) is 0.465. The first-order valence-electron chi connectivity index (χ1n) is 5.73. The Kier molecular flexibility index (Phi) is 4.36. The van der Waals surface area contributed by atoms with Gasteiger partial charge >= 0.3 is 5.97 Å².